The van der Waals surface area contributed by atoms with Crippen molar-refractivity contribution in [1.82, 2.24) is 10.2 Å². The van der Waals surface area contributed by atoms with E-state index in [-0.39, 0.29) is 34.4 Å². The number of likely N-dealkylation sites (tertiary alicyclic amines) is 1. The van der Waals surface area contributed by atoms with E-state index in [0.717, 1.165) is 19.1 Å². The molecule has 2 aliphatic rings. The molecule has 1 N–H and O–H groups in total. The van der Waals surface area contributed by atoms with E-state index < -0.39 is 45.3 Å². The summed E-state index contributed by atoms with van der Waals surface area (Å²) in [6.45, 7) is 5.27. The summed E-state index contributed by atoms with van der Waals surface area (Å²) >= 11 is 0. The first-order chi connectivity index (χ1) is 18.7. The van der Waals surface area contributed by atoms with Crippen LogP contribution in [0.4, 0.5) is 9.18 Å². The number of rotatable bonds is 6. The van der Waals surface area contributed by atoms with Gasteiger partial charge in [0.05, 0.1) is 16.5 Å². The zero-order chi connectivity index (χ0) is 29.4. The number of ether oxygens (including phenoxy) is 1. The Balaban J connectivity index is 1.49. The minimum absolute atomic E-state index is 0.0275. The maximum absolute atomic E-state index is 15.1. The number of benzene rings is 2. The molecule has 2 aromatic carbocycles. The Hall–Kier alpha value is -3.96. The monoisotopic (exact) mass is 566 g/mol. The number of halogens is 1. The highest BCUT2D eigenvalue weighted by Crippen LogP contribution is 2.43. The molecule has 1 saturated heterocycles. The Kier molecular flexibility index (Phi) is 7.91. The molecule has 2 bridgehead atoms. The van der Waals surface area contributed by atoms with Gasteiger partial charge in [-0.15, -0.1) is 0 Å². The van der Waals surface area contributed by atoms with Crippen molar-refractivity contribution in [3.8, 4) is 23.3 Å². The second kappa shape index (κ2) is 10.9. The van der Waals surface area contributed by atoms with Gasteiger partial charge in [-0.2, -0.15) is 10.5 Å². The fraction of sp³-hybridized carbons (Fsp3) is 0.448. The topological polar surface area (TPSA) is 140 Å². The zero-order valence-corrected chi connectivity index (χ0v) is 23.6. The average molecular weight is 567 g/mol. The normalized spacial score (nSPS) is 20.9. The number of hydrogen-bond acceptors (Lipinski definition) is 7. The van der Waals surface area contributed by atoms with Crippen LogP contribution in [0.15, 0.2) is 41.3 Å². The number of nitrogens with one attached hydrogen (secondary N) is 1. The van der Waals surface area contributed by atoms with E-state index in [2.05, 4.69) is 5.32 Å². The van der Waals surface area contributed by atoms with Crippen LogP contribution in [-0.4, -0.2) is 55.3 Å². The van der Waals surface area contributed by atoms with Gasteiger partial charge in [-0.1, -0.05) is 18.2 Å². The lowest BCUT2D eigenvalue weighted by Gasteiger charge is -2.35. The third kappa shape index (κ3) is 6.10. The van der Waals surface area contributed by atoms with E-state index in [1.807, 2.05) is 12.1 Å². The standard InChI is InChI=1S/C29H31FN4O5S/c1-29(2,3)39-28(36)34-23-9-7-20(13-23)26(34)27(35)33-22(16-32)12-19-6-5-18(14-24(19)30)17-8-10-25(40(4,37)38)21(11-17)15-31/h5-6,8,10-11,14,20,22-23,26H,7,9,12-13H2,1-4H3,(H,33,35)/t20-,22-,23+,26-/m0/s1. The van der Waals surface area contributed by atoms with Crippen LogP contribution in [0.2, 0.25) is 0 Å². The van der Waals surface area contributed by atoms with Crippen molar-refractivity contribution in [2.24, 2.45) is 5.92 Å². The molecule has 1 saturated carbocycles. The van der Waals surface area contributed by atoms with Crippen molar-refractivity contribution >= 4 is 21.8 Å². The number of nitrogens with zero attached hydrogens (tertiary/aromatic N) is 3. The van der Waals surface area contributed by atoms with Crippen LogP contribution in [-0.2, 0) is 25.8 Å². The number of fused-ring (bicyclic) bond motifs is 2. The van der Waals surface area contributed by atoms with Crippen LogP contribution >= 0.6 is 0 Å². The molecule has 210 valence electrons. The summed E-state index contributed by atoms with van der Waals surface area (Å²) in [5.74, 6) is -1.11. The predicted molar refractivity (Wildman–Crippen MR) is 144 cm³/mol. The quantitative estimate of drug-likeness (QED) is 0.555. The lowest BCUT2D eigenvalue weighted by atomic mass is 9.96. The predicted octanol–water partition coefficient (Wildman–Crippen LogP) is 4.11. The first-order valence-electron chi connectivity index (χ1n) is 13.0. The van der Waals surface area contributed by atoms with Crippen LogP contribution in [0.3, 0.4) is 0 Å². The average Bonchev–Trinajstić information content (AvgIpc) is 3.49. The van der Waals surface area contributed by atoms with E-state index in [1.165, 1.54) is 35.2 Å². The lowest BCUT2D eigenvalue weighted by Crippen LogP contribution is -2.55. The SMILES string of the molecule is CC(C)(C)OC(=O)N1[C@@H]2CC[C@@H](C2)[C@H]1C(=O)N[C@H](C#N)Cc1ccc(-c2ccc(S(C)(=O)=O)c(C#N)c2)cc1F. The number of nitriles is 2. The molecule has 4 atom stereocenters. The number of amides is 2. The van der Waals surface area contributed by atoms with E-state index in [9.17, 15) is 28.5 Å². The zero-order valence-electron chi connectivity index (χ0n) is 22.8. The van der Waals surface area contributed by atoms with Crippen LogP contribution in [0.25, 0.3) is 11.1 Å². The molecule has 9 nitrogen and oxygen atoms in total. The van der Waals surface area contributed by atoms with Crippen molar-refractivity contribution < 1.29 is 27.1 Å². The highest BCUT2D eigenvalue weighted by Gasteiger charge is 2.52. The first-order valence-corrected chi connectivity index (χ1v) is 14.9. The maximum Gasteiger partial charge on any atom is 0.411 e. The molecule has 0 radical (unpaired) electrons. The second-order valence-corrected chi connectivity index (χ2v) is 13.3. The molecule has 2 fully saturated rings. The van der Waals surface area contributed by atoms with Gasteiger partial charge in [-0.25, -0.2) is 17.6 Å². The van der Waals surface area contributed by atoms with Gasteiger partial charge in [0.25, 0.3) is 0 Å². The molecule has 2 amide bonds. The van der Waals surface area contributed by atoms with Gasteiger partial charge in [-0.3, -0.25) is 9.69 Å². The summed E-state index contributed by atoms with van der Waals surface area (Å²) in [7, 11) is -3.60. The van der Waals surface area contributed by atoms with Crippen molar-refractivity contribution in [2.45, 2.75) is 75.1 Å². The van der Waals surface area contributed by atoms with Gasteiger partial charge in [0, 0.05) is 18.7 Å². The molecule has 1 aliphatic carbocycles. The summed E-state index contributed by atoms with van der Waals surface area (Å²) in [5.41, 5.74) is 0.312. The summed E-state index contributed by atoms with van der Waals surface area (Å²) in [4.78, 5) is 27.5. The number of carbonyl (C=O) groups is 2. The smallest absolute Gasteiger partial charge is 0.411 e. The molecule has 1 heterocycles. The highest BCUT2D eigenvalue weighted by molar-refractivity contribution is 7.90. The molecular formula is C29H31FN4O5S. The Morgan fingerprint density at radius 3 is 2.42 bits per heavy atom. The molecule has 0 spiro atoms. The van der Waals surface area contributed by atoms with E-state index >= 15 is 4.39 Å². The van der Waals surface area contributed by atoms with Crippen LogP contribution in [0.5, 0.6) is 0 Å². The fourth-order valence-electron chi connectivity index (χ4n) is 5.52. The summed E-state index contributed by atoms with van der Waals surface area (Å²) in [6, 6.07) is 10.5. The Morgan fingerprint density at radius 1 is 1.15 bits per heavy atom. The highest BCUT2D eigenvalue weighted by atomic mass is 32.2. The fourth-order valence-corrected chi connectivity index (χ4v) is 6.34. The summed E-state index contributed by atoms with van der Waals surface area (Å²) < 4.78 is 44.4. The third-order valence-corrected chi connectivity index (χ3v) is 8.40. The van der Waals surface area contributed by atoms with E-state index in [4.69, 9.17) is 4.74 Å². The van der Waals surface area contributed by atoms with Crippen LogP contribution < -0.4 is 5.32 Å². The molecule has 0 aromatic heterocycles. The number of hydrogen-bond donors (Lipinski definition) is 1. The van der Waals surface area contributed by atoms with Gasteiger partial charge >= 0.3 is 6.09 Å². The second-order valence-electron chi connectivity index (χ2n) is 11.4. The van der Waals surface area contributed by atoms with E-state index in [1.54, 1.807) is 26.8 Å². The Morgan fingerprint density at radius 2 is 1.82 bits per heavy atom. The third-order valence-electron chi connectivity index (χ3n) is 7.24. The lowest BCUT2D eigenvalue weighted by molar-refractivity contribution is -0.128. The van der Waals surface area contributed by atoms with Crippen molar-refractivity contribution in [2.75, 3.05) is 6.26 Å². The first kappa shape index (κ1) is 29.0. The Labute approximate surface area is 233 Å². The van der Waals surface area contributed by atoms with E-state index in [0.29, 0.717) is 17.5 Å². The van der Waals surface area contributed by atoms with Gasteiger partial charge in [0.15, 0.2) is 9.84 Å². The molecule has 40 heavy (non-hydrogen) atoms. The molecule has 11 heteroatoms. The van der Waals surface area contributed by atoms with Gasteiger partial charge in [0.1, 0.15) is 29.6 Å². The number of sulfone groups is 1. The number of piperidine rings is 1. The largest absolute Gasteiger partial charge is 0.444 e. The molecule has 0 unspecified atom stereocenters. The molecule has 1 aliphatic heterocycles. The van der Waals surface area contributed by atoms with Crippen molar-refractivity contribution in [3.63, 3.8) is 0 Å². The maximum atomic E-state index is 15.1. The minimum Gasteiger partial charge on any atom is -0.444 e. The number of carbonyl (C=O) groups excluding carboxylic acids is 2. The van der Waals surface area contributed by atoms with Gasteiger partial charge in [0.2, 0.25) is 5.91 Å². The van der Waals surface area contributed by atoms with Crippen molar-refractivity contribution in [3.05, 3.63) is 53.3 Å². The van der Waals surface area contributed by atoms with Gasteiger partial charge < -0.3 is 10.1 Å². The Bertz CT molecular complexity index is 1540. The minimum atomic E-state index is -3.60. The molecule has 4 rings (SSSR count). The van der Waals surface area contributed by atoms with Crippen LogP contribution in [0, 0.1) is 34.4 Å². The molecule has 2 aromatic rings. The summed E-state index contributed by atoms with van der Waals surface area (Å²) in [5, 5.41) is 21.8. The van der Waals surface area contributed by atoms with Crippen LogP contribution in [0.1, 0.15) is 51.2 Å². The van der Waals surface area contributed by atoms with Crippen molar-refractivity contribution in [1.29, 1.82) is 10.5 Å². The van der Waals surface area contributed by atoms with Gasteiger partial charge in [-0.05, 0) is 80.8 Å². The summed E-state index contributed by atoms with van der Waals surface area (Å²) in [6.07, 6.45) is 2.64. The molecular weight excluding hydrogens is 535 g/mol.